The standard InChI is InChI=1S/C27H44O6/c1-15(2)6-7-23(31)26(5,32)22-9-11-27(33)17-12-19(28)18-13-20(29)21(30)14-24(18,3)16(17)8-10-25(22,27)4/h12,15-16,18,20-23,29-33H,6-11,13-14H2,1-5H3/t16?,18-,20+,21-,22?,23+,24+,25+,26-,27+/m0/s1. The zero-order chi connectivity index (χ0) is 24.6. The van der Waals surface area contributed by atoms with Crippen molar-refractivity contribution in [2.24, 2.45) is 34.5 Å². The molecular formula is C27H44O6. The van der Waals surface area contributed by atoms with E-state index in [0.29, 0.717) is 38.0 Å². The summed E-state index contributed by atoms with van der Waals surface area (Å²) in [5, 5.41) is 55.4. The molecule has 5 N–H and O–H groups in total. The summed E-state index contributed by atoms with van der Waals surface area (Å²) in [4.78, 5) is 13.2. The Morgan fingerprint density at radius 2 is 1.76 bits per heavy atom. The largest absolute Gasteiger partial charge is 0.390 e. The van der Waals surface area contributed by atoms with Crippen molar-refractivity contribution in [3.05, 3.63) is 11.6 Å². The van der Waals surface area contributed by atoms with Crippen molar-refractivity contribution in [1.29, 1.82) is 0 Å². The molecule has 3 fully saturated rings. The fourth-order valence-electron chi connectivity index (χ4n) is 8.32. The van der Waals surface area contributed by atoms with Gasteiger partial charge in [-0.25, -0.2) is 0 Å². The van der Waals surface area contributed by atoms with Crippen LogP contribution in [0.5, 0.6) is 0 Å². The second-order valence-electron chi connectivity index (χ2n) is 12.8. The van der Waals surface area contributed by atoms with E-state index in [9.17, 15) is 30.3 Å². The Labute approximate surface area is 198 Å². The molecule has 0 spiro atoms. The third-order valence-electron chi connectivity index (χ3n) is 10.5. The second kappa shape index (κ2) is 8.12. The van der Waals surface area contributed by atoms with E-state index in [0.717, 1.165) is 18.4 Å². The number of hydrogen-bond donors (Lipinski definition) is 5. The first-order valence-electron chi connectivity index (χ1n) is 12.9. The lowest BCUT2D eigenvalue weighted by Crippen LogP contribution is -2.62. The van der Waals surface area contributed by atoms with Crippen LogP contribution in [0.15, 0.2) is 11.6 Å². The predicted molar refractivity (Wildman–Crippen MR) is 125 cm³/mol. The molecule has 0 radical (unpaired) electrons. The van der Waals surface area contributed by atoms with Crippen LogP contribution in [0.4, 0.5) is 0 Å². The molecule has 10 atom stereocenters. The number of aliphatic hydroxyl groups is 5. The average Bonchev–Trinajstić information content (AvgIpc) is 3.00. The van der Waals surface area contributed by atoms with E-state index >= 15 is 0 Å². The molecule has 0 saturated heterocycles. The zero-order valence-electron chi connectivity index (χ0n) is 20.9. The van der Waals surface area contributed by atoms with Crippen molar-refractivity contribution >= 4 is 5.78 Å². The average molecular weight is 465 g/mol. The number of carbonyl (C=O) groups excluding carboxylic acids is 1. The Balaban J connectivity index is 1.68. The monoisotopic (exact) mass is 464 g/mol. The van der Waals surface area contributed by atoms with Crippen LogP contribution < -0.4 is 0 Å². The number of aliphatic hydroxyl groups excluding tert-OH is 3. The van der Waals surface area contributed by atoms with Crippen LogP contribution in [-0.2, 0) is 4.79 Å². The molecule has 6 nitrogen and oxygen atoms in total. The molecule has 0 aliphatic heterocycles. The van der Waals surface area contributed by atoms with Crippen molar-refractivity contribution in [3.8, 4) is 0 Å². The maximum Gasteiger partial charge on any atom is 0.159 e. The van der Waals surface area contributed by atoms with E-state index in [1.807, 2.05) is 13.8 Å². The second-order valence-corrected chi connectivity index (χ2v) is 12.8. The normalized spacial score (nSPS) is 47.9. The molecule has 4 rings (SSSR count). The molecular weight excluding hydrogens is 420 g/mol. The van der Waals surface area contributed by atoms with Crippen molar-refractivity contribution in [2.45, 2.75) is 115 Å². The van der Waals surface area contributed by atoms with E-state index < -0.39 is 40.3 Å². The molecule has 4 aliphatic rings. The molecule has 2 unspecified atom stereocenters. The number of ketones is 1. The molecule has 3 saturated carbocycles. The number of fused-ring (bicyclic) bond motifs is 5. The minimum atomic E-state index is -1.34. The summed E-state index contributed by atoms with van der Waals surface area (Å²) in [7, 11) is 0. The first kappa shape index (κ1) is 25.3. The van der Waals surface area contributed by atoms with Gasteiger partial charge in [-0.1, -0.05) is 27.7 Å². The Bertz CT molecular complexity index is 819. The highest BCUT2D eigenvalue weighted by Crippen LogP contribution is 2.68. The van der Waals surface area contributed by atoms with Gasteiger partial charge in [0.2, 0.25) is 0 Å². The van der Waals surface area contributed by atoms with Gasteiger partial charge >= 0.3 is 0 Å². The van der Waals surface area contributed by atoms with Gasteiger partial charge in [0.05, 0.1) is 29.5 Å². The zero-order valence-corrected chi connectivity index (χ0v) is 20.9. The summed E-state index contributed by atoms with van der Waals surface area (Å²) >= 11 is 0. The fraction of sp³-hybridized carbons (Fsp3) is 0.889. The van der Waals surface area contributed by atoms with Gasteiger partial charge in [-0.15, -0.1) is 0 Å². The topological polar surface area (TPSA) is 118 Å². The Hall–Kier alpha value is -0.790. The molecule has 0 heterocycles. The van der Waals surface area contributed by atoms with Crippen LogP contribution in [0.3, 0.4) is 0 Å². The van der Waals surface area contributed by atoms with Gasteiger partial charge in [-0.05, 0) is 93.1 Å². The summed E-state index contributed by atoms with van der Waals surface area (Å²) in [5.74, 6) is -0.331. The van der Waals surface area contributed by atoms with Crippen LogP contribution in [0.25, 0.3) is 0 Å². The number of hydrogen-bond acceptors (Lipinski definition) is 6. The van der Waals surface area contributed by atoms with Gasteiger partial charge in [0.1, 0.15) is 0 Å². The lowest BCUT2D eigenvalue weighted by Gasteiger charge is -2.60. The number of carbonyl (C=O) groups is 1. The maximum atomic E-state index is 13.2. The number of allylic oxidation sites excluding steroid dienone is 1. The highest BCUT2D eigenvalue weighted by molar-refractivity contribution is 5.95. The SMILES string of the molecule is CC(C)CC[C@@H](O)[C@@](C)(O)C1CC[C@@]2(O)C3=CC(=O)[C@@H]4C[C@@H](O)[C@@H](O)C[C@]4(C)C3CC[C@]12C. The van der Waals surface area contributed by atoms with Crippen LogP contribution >= 0.6 is 0 Å². The Morgan fingerprint density at radius 3 is 2.39 bits per heavy atom. The molecule has 0 amide bonds. The van der Waals surface area contributed by atoms with E-state index in [1.54, 1.807) is 13.0 Å². The molecule has 6 heteroatoms. The lowest BCUT2D eigenvalue weighted by atomic mass is 9.45. The van der Waals surface area contributed by atoms with Gasteiger partial charge in [-0.3, -0.25) is 4.79 Å². The van der Waals surface area contributed by atoms with Gasteiger partial charge in [0.25, 0.3) is 0 Å². The molecule has 4 aliphatic carbocycles. The summed E-state index contributed by atoms with van der Waals surface area (Å²) in [5.41, 5.74) is -2.98. The maximum absolute atomic E-state index is 13.2. The fourth-order valence-corrected chi connectivity index (χ4v) is 8.32. The first-order valence-corrected chi connectivity index (χ1v) is 12.9. The minimum absolute atomic E-state index is 0.0463. The van der Waals surface area contributed by atoms with Crippen LogP contribution in [0, 0.1) is 34.5 Å². The quantitative estimate of drug-likeness (QED) is 0.427. The highest BCUT2D eigenvalue weighted by Gasteiger charge is 2.69. The predicted octanol–water partition coefficient (Wildman–Crippen LogP) is 2.74. The van der Waals surface area contributed by atoms with Crippen molar-refractivity contribution in [1.82, 2.24) is 0 Å². The summed E-state index contributed by atoms with van der Waals surface area (Å²) in [6.45, 7) is 9.96. The van der Waals surface area contributed by atoms with Crippen molar-refractivity contribution < 1.29 is 30.3 Å². The Kier molecular flexibility index (Phi) is 6.23. The highest BCUT2D eigenvalue weighted by atomic mass is 16.3. The first-order chi connectivity index (χ1) is 15.2. The van der Waals surface area contributed by atoms with Crippen LogP contribution in [-0.4, -0.2) is 60.8 Å². The molecule has 188 valence electrons. The summed E-state index contributed by atoms with van der Waals surface area (Å²) < 4.78 is 0. The summed E-state index contributed by atoms with van der Waals surface area (Å²) in [6, 6.07) is 0. The van der Waals surface area contributed by atoms with Gasteiger partial charge in [-0.2, -0.15) is 0 Å². The van der Waals surface area contributed by atoms with Crippen molar-refractivity contribution in [3.63, 3.8) is 0 Å². The van der Waals surface area contributed by atoms with Crippen LogP contribution in [0.1, 0.15) is 86.0 Å². The smallest absolute Gasteiger partial charge is 0.159 e. The summed E-state index contributed by atoms with van der Waals surface area (Å²) in [6.07, 6.45) is 3.39. The minimum Gasteiger partial charge on any atom is -0.390 e. The number of rotatable bonds is 5. The van der Waals surface area contributed by atoms with E-state index in [2.05, 4.69) is 13.8 Å². The molecule has 33 heavy (non-hydrogen) atoms. The van der Waals surface area contributed by atoms with Gasteiger partial charge < -0.3 is 25.5 Å². The van der Waals surface area contributed by atoms with Gasteiger partial charge in [0.15, 0.2) is 5.78 Å². The van der Waals surface area contributed by atoms with E-state index in [4.69, 9.17) is 0 Å². The molecule has 0 aromatic heterocycles. The Morgan fingerprint density at radius 1 is 1.09 bits per heavy atom. The third kappa shape index (κ3) is 3.58. The third-order valence-corrected chi connectivity index (χ3v) is 10.5. The van der Waals surface area contributed by atoms with Crippen LogP contribution in [0.2, 0.25) is 0 Å². The van der Waals surface area contributed by atoms with E-state index in [-0.39, 0.29) is 30.0 Å². The van der Waals surface area contributed by atoms with Crippen molar-refractivity contribution in [2.75, 3.05) is 0 Å². The molecule has 0 bridgehead atoms. The lowest BCUT2D eigenvalue weighted by molar-refractivity contribution is -0.176. The molecule has 0 aromatic rings. The van der Waals surface area contributed by atoms with Gasteiger partial charge in [0, 0.05) is 11.3 Å². The molecule has 0 aromatic carbocycles. The van der Waals surface area contributed by atoms with E-state index in [1.165, 1.54) is 0 Å².